The summed E-state index contributed by atoms with van der Waals surface area (Å²) in [6, 6.07) is 5.10. The third-order valence-corrected chi connectivity index (χ3v) is 7.86. The van der Waals surface area contributed by atoms with Gasteiger partial charge >= 0.3 is 0 Å². The molecule has 1 saturated carbocycles. The van der Waals surface area contributed by atoms with E-state index in [-0.39, 0.29) is 10.8 Å². The summed E-state index contributed by atoms with van der Waals surface area (Å²) < 4.78 is 0. The van der Waals surface area contributed by atoms with Crippen molar-refractivity contribution >= 4 is 5.69 Å². The lowest BCUT2D eigenvalue weighted by molar-refractivity contribution is 0.127. The van der Waals surface area contributed by atoms with Gasteiger partial charge in [0.25, 0.3) is 0 Å². The van der Waals surface area contributed by atoms with Crippen LogP contribution in [0.3, 0.4) is 0 Å². The van der Waals surface area contributed by atoms with Gasteiger partial charge in [0.15, 0.2) is 0 Å². The number of fused-ring (bicyclic) bond motifs is 7. The molecule has 2 aliphatic heterocycles. The molecule has 0 bridgehead atoms. The molecule has 0 N–H and O–H groups in total. The maximum absolute atomic E-state index is 2.57. The SMILES string of the molecule is C/C1=C\C=C/N(C)N2c3cc4c(cc3C3(C)CC3(C)C2N1C)CCCC4. The number of hydrazine groups is 1. The zero-order valence-electron chi connectivity index (χ0n) is 16.8. The zero-order chi connectivity index (χ0) is 18.3. The maximum Gasteiger partial charge on any atom is 0.127 e. The average Bonchev–Trinajstić information content (AvgIpc) is 3.21. The van der Waals surface area contributed by atoms with Crippen molar-refractivity contribution in [2.75, 3.05) is 19.1 Å². The van der Waals surface area contributed by atoms with Crippen LogP contribution in [0.5, 0.6) is 0 Å². The lowest BCUT2D eigenvalue weighted by atomic mass is 9.78. The van der Waals surface area contributed by atoms with Gasteiger partial charge in [-0.25, -0.2) is 0 Å². The highest BCUT2D eigenvalue weighted by molar-refractivity contribution is 5.67. The summed E-state index contributed by atoms with van der Waals surface area (Å²) in [5.41, 5.74) is 8.09. The van der Waals surface area contributed by atoms with Gasteiger partial charge in [0, 0.05) is 36.8 Å². The number of nitrogens with zero attached hydrogens (tertiary/aromatic N) is 3. The van der Waals surface area contributed by atoms with Crippen molar-refractivity contribution in [1.29, 1.82) is 0 Å². The van der Waals surface area contributed by atoms with Crippen LogP contribution in [0.4, 0.5) is 5.69 Å². The van der Waals surface area contributed by atoms with E-state index < -0.39 is 0 Å². The summed E-state index contributed by atoms with van der Waals surface area (Å²) in [7, 11) is 4.47. The van der Waals surface area contributed by atoms with Crippen LogP contribution in [0.15, 0.2) is 36.2 Å². The second-order valence-electron chi connectivity index (χ2n) is 9.32. The van der Waals surface area contributed by atoms with Crippen LogP contribution in [0.2, 0.25) is 0 Å². The Morgan fingerprint density at radius 2 is 1.73 bits per heavy atom. The molecule has 0 spiro atoms. The topological polar surface area (TPSA) is 9.72 Å². The van der Waals surface area contributed by atoms with Gasteiger partial charge < -0.3 is 4.90 Å². The Balaban J connectivity index is 1.75. The van der Waals surface area contributed by atoms with E-state index in [9.17, 15) is 0 Å². The molecule has 0 aromatic heterocycles. The summed E-state index contributed by atoms with van der Waals surface area (Å²) in [4.78, 5) is 2.49. The van der Waals surface area contributed by atoms with Gasteiger partial charge in [-0.15, -0.1) is 0 Å². The lowest BCUT2D eigenvalue weighted by Gasteiger charge is -2.53. The lowest BCUT2D eigenvalue weighted by Crippen LogP contribution is -2.60. The molecule has 1 aromatic carbocycles. The van der Waals surface area contributed by atoms with E-state index in [1.807, 2.05) is 0 Å². The Morgan fingerprint density at radius 1 is 1.04 bits per heavy atom. The third-order valence-electron chi connectivity index (χ3n) is 7.86. The highest BCUT2D eigenvalue weighted by Crippen LogP contribution is 2.72. The highest BCUT2D eigenvalue weighted by atomic mass is 15.7. The first kappa shape index (κ1) is 16.3. The Bertz CT molecular complexity index is 838. The second-order valence-corrected chi connectivity index (χ2v) is 9.32. The fourth-order valence-corrected chi connectivity index (χ4v) is 5.90. The molecule has 0 amide bonds. The standard InChI is InChI=1S/C23H31N3/c1-16-9-8-12-24(4)26-20-14-18-11-7-6-10-17(18)13-19(20)22(2)15-23(22,3)21(26)25(16)5/h8-9,12-14,21H,6-7,10-11,15H2,1-5H3/b12-8-,16-9+. The van der Waals surface area contributed by atoms with Crippen LogP contribution in [0, 0.1) is 5.41 Å². The summed E-state index contributed by atoms with van der Waals surface area (Å²) in [5, 5.41) is 4.87. The molecule has 1 aromatic rings. The van der Waals surface area contributed by atoms with E-state index in [0.29, 0.717) is 6.17 Å². The summed E-state index contributed by atoms with van der Waals surface area (Å²) in [6.45, 7) is 7.23. The molecule has 4 aliphatic rings. The minimum atomic E-state index is 0.270. The highest BCUT2D eigenvalue weighted by Gasteiger charge is 2.71. The van der Waals surface area contributed by atoms with Crippen molar-refractivity contribution < 1.29 is 0 Å². The summed E-state index contributed by atoms with van der Waals surface area (Å²) in [6.07, 6.45) is 13.4. The van der Waals surface area contributed by atoms with Crippen LogP contribution >= 0.6 is 0 Å². The average molecular weight is 350 g/mol. The number of benzene rings is 1. The normalized spacial score (nSPS) is 38.1. The number of anilines is 1. The second kappa shape index (κ2) is 5.09. The first-order chi connectivity index (χ1) is 12.4. The smallest absolute Gasteiger partial charge is 0.127 e. The van der Waals surface area contributed by atoms with E-state index in [1.54, 1.807) is 16.7 Å². The summed E-state index contributed by atoms with van der Waals surface area (Å²) in [5.74, 6) is 0. The monoisotopic (exact) mass is 349 g/mol. The van der Waals surface area contributed by atoms with Crippen LogP contribution in [0.1, 0.15) is 56.7 Å². The van der Waals surface area contributed by atoms with Crippen molar-refractivity contribution in [3.05, 3.63) is 52.9 Å². The summed E-state index contributed by atoms with van der Waals surface area (Å²) >= 11 is 0. The van der Waals surface area contributed by atoms with Crippen LogP contribution in [0.25, 0.3) is 0 Å². The van der Waals surface area contributed by atoms with Gasteiger partial charge in [0.1, 0.15) is 6.17 Å². The largest absolute Gasteiger partial charge is 0.356 e. The number of aryl methyl sites for hydroxylation is 2. The molecular weight excluding hydrogens is 318 g/mol. The minimum Gasteiger partial charge on any atom is -0.356 e. The molecule has 3 unspecified atom stereocenters. The number of allylic oxidation sites excluding steroid dienone is 3. The first-order valence-electron chi connectivity index (χ1n) is 10.1. The maximum atomic E-state index is 2.57. The fraction of sp³-hybridized carbons (Fsp3) is 0.565. The van der Waals surface area contributed by atoms with Crippen molar-refractivity contribution in [2.45, 2.75) is 64.5 Å². The molecular formula is C23H31N3. The minimum absolute atomic E-state index is 0.270. The van der Waals surface area contributed by atoms with Crippen molar-refractivity contribution in [3.63, 3.8) is 0 Å². The molecule has 2 heterocycles. The molecule has 26 heavy (non-hydrogen) atoms. The Kier molecular flexibility index (Phi) is 3.19. The molecule has 138 valence electrons. The van der Waals surface area contributed by atoms with Gasteiger partial charge in [0.2, 0.25) is 0 Å². The van der Waals surface area contributed by atoms with Gasteiger partial charge in [-0.05, 0) is 73.9 Å². The van der Waals surface area contributed by atoms with Gasteiger partial charge in [0.05, 0.1) is 5.69 Å². The van der Waals surface area contributed by atoms with E-state index in [2.05, 4.69) is 80.3 Å². The van der Waals surface area contributed by atoms with Crippen LogP contribution in [-0.4, -0.2) is 30.2 Å². The van der Waals surface area contributed by atoms with E-state index in [0.717, 1.165) is 0 Å². The third kappa shape index (κ3) is 1.89. The number of rotatable bonds is 0. The molecule has 0 radical (unpaired) electrons. The van der Waals surface area contributed by atoms with E-state index in [1.165, 1.54) is 43.5 Å². The quantitative estimate of drug-likeness (QED) is 0.678. The number of hydrogen-bond acceptors (Lipinski definition) is 3. The van der Waals surface area contributed by atoms with Crippen molar-refractivity contribution in [3.8, 4) is 0 Å². The Morgan fingerprint density at radius 3 is 2.46 bits per heavy atom. The first-order valence-corrected chi connectivity index (χ1v) is 10.1. The van der Waals surface area contributed by atoms with Gasteiger partial charge in [-0.2, -0.15) is 0 Å². The fourth-order valence-electron chi connectivity index (χ4n) is 5.90. The van der Waals surface area contributed by atoms with Crippen LogP contribution < -0.4 is 5.01 Å². The van der Waals surface area contributed by atoms with E-state index in [4.69, 9.17) is 0 Å². The zero-order valence-corrected chi connectivity index (χ0v) is 16.8. The molecule has 0 saturated heterocycles. The molecule has 2 aliphatic carbocycles. The molecule has 3 atom stereocenters. The van der Waals surface area contributed by atoms with Crippen molar-refractivity contribution in [2.24, 2.45) is 5.41 Å². The molecule has 3 heteroatoms. The van der Waals surface area contributed by atoms with Crippen molar-refractivity contribution in [1.82, 2.24) is 9.91 Å². The molecule has 5 rings (SSSR count). The Hall–Kier alpha value is -1.90. The van der Waals surface area contributed by atoms with E-state index >= 15 is 0 Å². The molecule has 1 fully saturated rings. The Labute approximate surface area is 157 Å². The number of hydrogen-bond donors (Lipinski definition) is 0. The molecule has 3 nitrogen and oxygen atoms in total. The predicted molar refractivity (Wildman–Crippen MR) is 108 cm³/mol. The van der Waals surface area contributed by atoms with Gasteiger partial charge in [-0.1, -0.05) is 19.9 Å². The predicted octanol–water partition coefficient (Wildman–Crippen LogP) is 4.59. The van der Waals surface area contributed by atoms with Gasteiger partial charge in [-0.3, -0.25) is 10.0 Å². The van der Waals surface area contributed by atoms with Crippen LogP contribution in [-0.2, 0) is 18.3 Å².